The topological polar surface area (TPSA) is 15.3 Å². The summed E-state index contributed by atoms with van der Waals surface area (Å²) < 4.78 is 0. The van der Waals surface area contributed by atoms with E-state index >= 15 is 0 Å². The number of nitrogens with one attached hydrogen (secondary N) is 1. The first-order valence-electron chi connectivity index (χ1n) is 8.44. The fraction of sp³-hybridized carbons (Fsp3) is 0.684. The average molecular weight is 290 g/mol. The predicted octanol–water partition coefficient (Wildman–Crippen LogP) is 4.27. The van der Waals surface area contributed by atoms with Gasteiger partial charge in [0.1, 0.15) is 0 Å². The minimum Gasteiger partial charge on any atom is -0.312 e. The Hall–Kier alpha value is -0.860. The molecule has 0 aliphatic rings. The average Bonchev–Trinajstić information content (AvgIpc) is 2.45. The van der Waals surface area contributed by atoms with E-state index < -0.39 is 0 Å². The maximum Gasteiger partial charge on any atom is 0.0446 e. The van der Waals surface area contributed by atoms with Crippen LogP contribution in [-0.2, 0) is 6.42 Å². The van der Waals surface area contributed by atoms with Crippen LogP contribution in [0, 0.1) is 5.92 Å². The van der Waals surface area contributed by atoms with Crippen LogP contribution in [0.15, 0.2) is 24.3 Å². The second-order valence-electron chi connectivity index (χ2n) is 6.75. The molecule has 0 bridgehead atoms. The molecule has 1 aromatic carbocycles. The van der Waals surface area contributed by atoms with Gasteiger partial charge in [-0.15, -0.1) is 0 Å². The minimum atomic E-state index is 0.403. The molecule has 1 N–H and O–H groups in total. The maximum atomic E-state index is 3.47. The number of benzene rings is 1. The van der Waals surface area contributed by atoms with Crippen LogP contribution in [-0.4, -0.2) is 31.6 Å². The molecule has 2 nitrogen and oxygen atoms in total. The van der Waals surface area contributed by atoms with E-state index in [4.69, 9.17) is 0 Å². The number of hydrogen-bond donors (Lipinski definition) is 1. The molecule has 0 aromatic heterocycles. The molecular weight excluding hydrogens is 256 g/mol. The van der Waals surface area contributed by atoms with Crippen LogP contribution in [0.1, 0.15) is 57.7 Å². The van der Waals surface area contributed by atoms with E-state index in [1.54, 1.807) is 0 Å². The van der Waals surface area contributed by atoms with Crippen LogP contribution < -0.4 is 5.32 Å². The molecular formula is C19H34N2. The van der Waals surface area contributed by atoms with E-state index in [0.717, 1.165) is 12.5 Å². The van der Waals surface area contributed by atoms with Crippen molar-refractivity contribution in [2.75, 3.05) is 20.6 Å². The third-order valence-corrected chi connectivity index (χ3v) is 4.30. The number of aryl methyl sites for hydroxylation is 1. The fourth-order valence-electron chi connectivity index (χ4n) is 2.90. The van der Waals surface area contributed by atoms with Gasteiger partial charge in [-0.3, -0.25) is 0 Å². The first-order valence-corrected chi connectivity index (χ1v) is 8.44. The molecule has 2 unspecified atom stereocenters. The lowest BCUT2D eigenvalue weighted by Crippen LogP contribution is -2.37. The van der Waals surface area contributed by atoms with Crippen molar-refractivity contribution in [1.82, 2.24) is 10.2 Å². The number of likely N-dealkylation sites (N-methyl/N-ethyl adjacent to an activating group) is 2. The van der Waals surface area contributed by atoms with Gasteiger partial charge in [0.25, 0.3) is 0 Å². The monoisotopic (exact) mass is 290 g/mol. The van der Waals surface area contributed by atoms with Crippen LogP contribution in [0.2, 0.25) is 0 Å². The van der Waals surface area contributed by atoms with Crippen LogP contribution in [0.25, 0.3) is 0 Å². The maximum absolute atomic E-state index is 3.47. The van der Waals surface area contributed by atoms with Crippen molar-refractivity contribution in [2.45, 2.75) is 59.0 Å². The van der Waals surface area contributed by atoms with Crippen molar-refractivity contribution in [3.63, 3.8) is 0 Å². The smallest absolute Gasteiger partial charge is 0.0446 e. The Morgan fingerprint density at radius 1 is 1.10 bits per heavy atom. The zero-order chi connectivity index (χ0) is 15.8. The largest absolute Gasteiger partial charge is 0.312 e. The van der Waals surface area contributed by atoms with Crippen LogP contribution in [0.4, 0.5) is 0 Å². The molecule has 120 valence electrons. The van der Waals surface area contributed by atoms with Gasteiger partial charge < -0.3 is 10.2 Å². The van der Waals surface area contributed by atoms with Gasteiger partial charge in [-0.25, -0.2) is 0 Å². The summed E-state index contributed by atoms with van der Waals surface area (Å²) in [6.45, 7) is 10.2. The second-order valence-corrected chi connectivity index (χ2v) is 6.75. The Morgan fingerprint density at radius 3 is 2.19 bits per heavy atom. The summed E-state index contributed by atoms with van der Waals surface area (Å²) in [6.07, 6.45) is 3.64. The normalized spacial score (nSPS) is 14.7. The van der Waals surface area contributed by atoms with E-state index in [0.29, 0.717) is 12.1 Å². The Kier molecular flexibility index (Phi) is 7.98. The summed E-state index contributed by atoms with van der Waals surface area (Å²) in [5.74, 6) is 0.754. The van der Waals surface area contributed by atoms with Crippen LogP contribution >= 0.6 is 0 Å². The molecule has 2 atom stereocenters. The summed E-state index contributed by atoms with van der Waals surface area (Å²) in [7, 11) is 4.30. The third-order valence-electron chi connectivity index (χ3n) is 4.30. The predicted molar refractivity (Wildman–Crippen MR) is 93.8 cm³/mol. The van der Waals surface area contributed by atoms with E-state index in [1.165, 1.54) is 30.4 Å². The van der Waals surface area contributed by atoms with E-state index in [-0.39, 0.29) is 0 Å². The van der Waals surface area contributed by atoms with Crippen molar-refractivity contribution < 1.29 is 0 Å². The molecule has 0 radical (unpaired) electrons. The second kappa shape index (κ2) is 9.22. The van der Waals surface area contributed by atoms with Crippen LogP contribution in [0.5, 0.6) is 0 Å². The zero-order valence-corrected chi connectivity index (χ0v) is 14.8. The number of rotatable bonds is 9. The molecule has 0 spiro atoms. The lowest BCUT2D eigenvalue weighted by atomic mass is 10.0. The van der Waals surface area contributed by atoms with Crippen molar-refractivity contribution in [1.29, 1.82) is 0 Å². The summed E-state index contributed by atoms with van der Waals surface area (Å²) in [5, 5.41) is 3.47. The Labute approximate surface area is 131 Å². The van der Waals surface area contributed by atoms with Gasteiger partial charge in [0.15, 0.2) is 0 Å². The molecule has 0 saturated carbocycles. The van der Waals surface area contributed by atoms with E-state index in [1.807, 2.05) is 0 Å². The highest BCUT2D eigenvalue weighted by molar-refractivity contribution is 5.25. The molecule has 0 aliphatic heterocycles. The third kappa shape index (κ3) is 6.19. The van der Waals surface area contributed by atoms with Gasteiger partial charge in [-0.1, -0.05) is 51.5 Å². The van der Waals surface area contributed by atoms with Gasteiger partial charge in [0.05, 0.1) is 0 Å². The molecule has 0 aliphatic carbocycles. The van der Waals surface area contributed by atoms with Gasteiger partial charge >= 0.3 is 0 Å². The SMILES string of the molecule is CCCc1ccc(C(CN(C)C(C)CC(C)C)NC)cc1. The number of hydrogen-bond acceptors (Lipinski definition) is 2. The Balaban J connectivity index is 2.65. The first-order chi connectivity index (χ1) is 9.97. The quantitative estimate of drug-likeness (QED) is 0.731. The molecule has 0 amide bonds. The summed E-state index contributed by atoms with van der Waals surface area (Å²) in [6, 6.07) is 10.2. The fourth-order valence-corrected chi connectivity index (χ4v) is 2.90. The van der Waals surface area contributed by atoms with E-state index in [9.17, 15) is 0 Å². The molecule has 0 fully saturated rings. The summed E-state index contributed by atoms with van der Waals surface area (Å²) >= 11 is 0. The summed E-state index contributed by atoms with van der Waals surface area (Å²) in [5.41, 5.74) is 2.83. The van der Waals surface area contributed by atoms with Crippen molar-refractivity contribution in [3.05, 3.63) is 35.4 Å². The Bertz CT molecular complexity index is 383. The minimum absolute atomic E-state index is 0.403. The highest BCUT2D eigenvalue weighted by Crippen LogP contribution is 2.18. The van der Waals surface area contributed by atoms with Crippen molar-refractivity contribution >= 4 is 0 Å². The van der Waals surface area contributed by atoms with Crippen LogP contribution in [0.3, 0.4) is 0 Å². The highest BCUT2D eigenvalue weighted by Gasteiger charge is 2.16. The van der Waals surface area contributed by atoms with Gasteiger partial charge in [-0.05, 0) is 50.9 Å². The molecule has 0 heterocycles. The molecule has 1 aromatic rings. The zero-order valence-electron chi connectivity index (χ0n) is 14.8. The lowest BCUT2D eigenvalue weighted by Gasteiger charge is -2.30. The molecule has 21 heavy (non-hydrogen) atoms. The lowest BCUT2D eigenvalue weighted by molar-refractivity contribution is 0.208. The van der Waals surface area contributed by atoms with Crippen molar-refractivity contribution in [2.24, 2.45) is 5.92 Å². The van der Waals surface area contributed by atoms with Gasteiger partial charge in [0, 0.05) is 18.6 Å². The molecule has 1 rings (SSSR count). The Morgan fingerprint density at radius 2 is 1.71 bits per heavy atom. The van der Waals surface area contributed by atoms with Crippen molar-refractivity contribution in [3.8, 4) is 0 Å². The summed E-state index contributed by atoms with van der Waals surface area (Å²) in [4.78, 5) is 2.47. The molecule has 0 saturated heterocycles. The number of nitrogens with zero attached hydrogens (tertiary/aromatic N) is 1. The standard InChI is InChI=1S/C19H34N2/c1-7-8-17-9-11-18(12-10-17)19(20-5)14-21(6)16(4)13-15(2)3/h9-12,15-16,19-20H,7-8,13-14H2,1-6H3. The molecule has 2 heteroatoms. The van der Waals surface area contributed by atoms with Gasteiger partial charge in [0.2, 0.25) is 0 Å². The van der Waals surface area contributed by atoms with E-state index in [2.05, 4.69) is 76.3 Å². The van der Waals surface area contributed by atoms with Gasteiger partial charge in [-0.2, -0.15) is 0 Å². The first kappa shape index (κ1) is 18.2. The highest BCUT2D eigenvalue weighted by atomic mass is 15.1.